The summed E-state index contributed by atoms with van der Waals surface area (Å²) in [5, 5.41) is -0.398. The largest absolute Gasteiger partial charge is 0.336 e. The van der Waals surface area contributed by atoms with Gasteiger partial charge in [-0.1, -0.05) is 24.3 Å². The van der Waals surface area contributed by atoms with Crippen LogP contribution in [0.2, 0.25) is 0 Å². The summed E-state index contributed by atoms with van der Waals surface area (Å²) < 4.78 is 13.5. The highest BCUT2D eigenvalue weighted by Crippen LogP contribution is 2.33. The lowest BCUT2D eigenvalue weighted by Gasteiger charge is -2.35. The van der Waals surface area contributed by atoms with Crippen LogP contribution >= 0.6 is 11.8 Å². The molecule has 0 radical (unpaired) electrons. The second-order valence-electron chi connectivity index (χ2n) is 8.96. The molecule has 2 heterocycles. The molecule has 2 saturated heterocycles. The van der Waals surface area contributed by atoms with E-state index in [1.807, 2.05) is 4.90 Å². The number of carbonyl (C=O) groups is 3. The zero-order valence-corrected chi connectivity index (χ0v) is 20.8. The van der Waals surface area contributed by atoms with Gasteiger partial charge in [0.1, 0.15) is 5.82 Å². The summed E-state index contributed by atoms with van der Waals surface area (Å²) in [5.74, 6) is -0.872. The first-order valence-electron chi connectivity index (χ1n) is 11.6. The van der Waals surface area contributed by atoms with Crippen molar-refractivity contribution < 1.29 is 18.8 Å². The van der Waals surface area contributed by atoms with Crippen molar-refractivity contribution in [3.63, 3.8) is 0 Å². The lowest BCUT2D eigenvalue weighted by molar-refractivity contribution is -0.123. The molecule has 0 bridgehead atoms. The van der Waals surface area contributed by atoms with Crippen LogP contribution in [0.15, 0.2) is 53.4 Å². The predicted octanol–water partition coefficient (Wildman–Crippen LogP) is 3.38. The molecular formula is C26H29FN4O3S. The second-order valence-corrected chi connectivity index (χ2v) is 9.95. The van der Waals surface area contributed by atoms with E-state index in [1.54, 1.807) is 42.5 Å². The minimum atomic E-state index is -0.421. The number of amides is 3. The first-order chi connectivity index (χ1) is 16.8. The average Bonchev–Trinajstić information content (AvgIpc) is 3.10. The fourth-order valence-corrected chi connectivity index (χ4v) is 4.90. The summed E-state index contributed by atoms with van der Waals surface area (Å²) in [6, 6.07) is 13.0. The van der Waals surface area contributed by atoms with Crippen LogP contribution in [0.3, 0.4) is 0 Å². The van der Waals surface area contributed by atoms with Crippen molar-refractivity contribution in [1.82, 2.24) is 19.6 Å². The van der Waals surface area contributed by atoms with Crippen molar-refractivity contribution >= 4 is 34.9 Å². The van der Waals surface area contributed by atoms with Crippen molar-refractivity contribution in [2.75, 3.05) is 53.4 Å². The van der Waals surface area contributed by atoms with E-state index in [0.29, 0.717) is 29.8 Å². The lowest BCUT2D eigenvalue weighted by Crippen LogP contribution is -2.49. The lowest BCUT2D eigenvalue weighted by atomic mass is 10.1. The number of likely N-dealkylation sites (N-methyl/N-ethyl adjacent to an activating group) is 1. The SMILES string of the molecule is CN(C)CCN1CCN(C(=O)c2cccc(C=C3SC(=O)N(Cc4cccc(F)c4)C3=O)c2)CC1. The third kappa shape index (κ3) is 6.36. The summed E-state index contributed by atoms with van der Waals surface area (Å²) in [5.41, 5.74) is 1.78. The maximum atomic E-state index is 13.5. The van der Waals surface area contributed by atoms with Gasteiger partial charge in [0.05, 0.1) is 11.4 Å². The van der Waals surface area contributed by atoms with E-state index in [1.165, 1.54) is 12.1 Å². The fraction of sp³-hybridized carbons (Fsp3) is 0.346. The Kier molecular flexibility index (Phi) is 8.00. The van der Waals surface area contributed by atoms with Gasteiger partial charge in [-0.25, -0.2) is 4.39 Å². The Balaban J connectivity index is 1.40. The number of carbonyl (C=O) groups excluding carboxylic acids is 3. The van der Waals surface area contributed by atoms with Crippen molar-refractivity contribution in [2.24, 2.45) is 0 Å². The molecule has 3 amide bonds. The van der Waals surface area contributed by atoms with Crippen LogP contribution < -0.4 is 0 Å². The molecule has 0 atom stereocenters. The van der Waals surface area contributed by atoms with E-state index in [-0.39, 0.29) is 17.4 Å². The minimum absolute atomic E-state index is 0.0127. The van der Waals surface area contributed by atoms with Gasteiger partial charge in [-0.15, -0.1) is 0 Å². The van der Waals surface area contributed by atoms with Gasteiger partial charge in [0.2, 0.25) is 0 Å². The molecule has 0 saturated carbocycles. The van der Waals surface area contributed by atoms with E-state index < -0.39 is 17.0 Å². The molecule has 0 aliphatic carbocycles. The topological polar surface area (TPSA) is 64.2 Å². The summed E-state index contributed by atoms with van der Waals surface area (Å²) >= 11 is 0.850. The monoisotopic (exact) mass is 496 g/mol. The first-order valence-corrected chi connectivity index (χ1v) is 12.4. The Labute approximate surface area is 209 Å². The van der Waals surface area contributed by atoms with Crippen LogP contribution in [0.4, 0.5) is 9.18 Å². The van der Waals surface area contributed by atoms with Gasteiger partial charge in [0.25, 0.3) is 17.1 Å². The molecule has 184 valence electrons. The highest BCUT2D eigenvalue weighted by molar-refractivity contribution is 8.18. The van der Waals surface area contributed by atoms with Crippen molar-refractivity contribution in [1.29, 1.82) is 0 Å². The molecule has 2 aromatic carbocycles. The number of hydrogen-bond donors (Lipinski definition) is 0. The molecule has 0 spiro atoms. The van der Waals surface area contributed by atoms with Crippen LogP contribution in [-0.2, 0) is 11.3 Å². The third-order valence-corrected chi connectivity index (χ3v) is 6.96. The minimum Gasteiger partial charge on any atom is -0.336 e. The molecule has 4 rings (SSSR count). The Morgan fingerprint density at radius 3 is 2.51 bits per heavy atom. The van der Waals surface area contributed by atoms with Crippen LogP contribution in [0.1, 0.15) is 21.5 Å². The van der Waals surface area contributed by atoms with Crippen molar-refractivity contribution in [3.8, 4) is 0 Å². The number of hydrogen-bond acceptors (Lipinski definition) is 6. The predicted molar refractivity (Wildman–Crippen MR) is 135 cm³/mol. The van der Waals surface area contributed by atoms with E-state index in [0.717, 1.165) is 42.8 Å². The maximum Gasteiger partial charge on any atom is 0.293 e. The molecule has 2 fully saturated rings. The standard InChI is InChI=1S/C26H29FN4O3S/c1-28(2)9-10-29-11-13-30(14-12-29)24(32)21-7-3-5-19(15-21)17-23-25(33)31(26(34)35-23)18-20-6-4-8-22(27)16-20/h3-8,15-17H,9-14,18H2,1-2H3. The quantitative estimate of drug-likeness (QED) is 0.548. The molecule has 9 heteroatoms. The molecule has 0 unspecified atom stereocenters. The van der Waals surface area contributed by atoms with Gasteiger partial charge >= 0.3 is 0 Å². The Morgan fingerprint density at radius 2 is 1.80 bits per heavy atom. The third-order valence-electron chi connectivity index (χ3n) is 6.06. The smallest absolute Gasteiger partial charge is 0.293 e. The molecule has 2 aliphatic rings. The van der Waals surface area contributed by atoms with Crippen molar-refractivity contribution in [2.45, 2.75) is 6.54 Å². The number of piperazine rings is 1. The summed E-state index contributed by atoms with van der Waals surface area (Å²) in [6.07, 6.45) is 1.63. The molecule has 7 nitrogen and oxygen atoms in total. The number of halogens is 1. The fourth-order valence-electron chi connectivity index (χ4n) is 4.07. The molecule has 2 aliphatic heterocycles. The number of nitrogens with zero attached hydrogens (tertiary/aromatic N) is 4. The number of thioether (sulfide) groups is 1. The van der Waals surface area contributed by atoms with E-state index in [2.05, 4.69) is 23.9 Å². The maximum absolute atomic E-state index is 13.5. The second kappa shape index (κ2) is 11.2. The normalized spacial score (nSPS) is 18.2. The molecule has 35 heavy (non-hydrogen) atoms. The number of benzene rings is 2. The summed E-state index contributed by atoms with van der Waals surface area (Å²) in [7, 11) is 4.11. The van der Waals surface area contributed by atoms with Gasteiger partial charge < -0.3 is 9.80 Å². The number of rotatable bonds is 7. The zero-order valence-electron chi connectivity index (χ0n) is 19.9. The highest BCUT2D eigenvalue weighted by Gasteiger charge is 2.35. The molecular weight excluding hydrogens is 467 g/mol. The summed E-state index contributed by atoms with van der Waals surface area (Å²) in [4.78, 5) is 46.1. The van der Waals surface area contributed by atoms with Gasteiger partial charge in [-0.05, 0) is 67.3 Å². The first kappa shape index (κ1) is 25.1. The van der Waals surface area contributed by atoms with Gasteiger partial charge in [0, 0.05) is 44.8 Å². The summed E-state index contributed by atoms with van der Waals surface area (Å²) in [6.45, 7) is 5.03. The molecule has 2 aromatic rings. The van der Waals surface area contributed by atoms with Crippen LogP contribution in [0.5, 0.6) is 0 Å². The Hall–Kier alpha value is -3.01. The molecule has 0 N–H and O–H groups in total. The van der Waals surface area contributed by atoms with E-state index in [9.17, 15) is 18.8 Å². The van der Waals surface area contributed by atoms with Gasteiger partial charge in [0.15, 0.2) is 0 Å². The Bertz CT molecular complexity index is 1140. The van der Waals surface area contributed by atoms with Crippen molar-refractivity contribution in [3.05, 3.63) is 75.9 Å². The molecule has 0 aromatic heterocycles. The van der Waals surface area contributed by atoms with E-state index in [4.69, 9.17) is 0 Å². The van der Waals surface area contributed by atoms with E-state index >= 15 is 0 Å². The zero-order chi connectivity index (χ0) is 24.9. The van der Waals surface area contributed by atoms with Crippen LogP contribution in [0.25, 0.3) is 6.08 Å². The van der Waals surface area contributed by atoms with Crippen LogP contribution in [-0.4, -0.2) is 90.0 Å². The number of imide groups is 1. The highest BCUT2D eigenvalue weighted by atomic mass is 32.2. The average molecular weight is 497 g/mol. The Morgan fingerprint density at radius 1 is 1.06 bits per heavy atom. The van der Waals surface area contributed by atoms with Crippen LogP contribution in [0, 0.1) is 5.82 Å². The van der Waals surface area contributed by atoms with Gasteiger partial charge in [-0.3, -0.25) is 24.2 Å². The van der Waals surface area contributed by atoms with Gasteiger partial charge in [-0.2, -0.15) is 0 Å².